The summed E-state index contributed by atoms with van der Waals surface area (Å²) in [4.78, 5) is 6.83. The van der Waals surface area contributed by atoms with Gasteiger partial charge in [-0.05, 0) is 75.3 Å². The number of aliphatic imine (C=N–C) groups is 1. The fraction of sp³-hybridized carbons (Fsp3) is 0.293. The monoisotopic (exact) mass is 592 g/mol. The number of fused-ring (bicyclic) bond motifs is 2. The molecule has 228 valence electrons. The molecule has 2 aliphatic rings. The van der Waals surface area contributed by atoms with Gasteiger partial charge in [0.1, 0.15) is 0 Å². The number of nitrogens with zero attached hydrogens (tertiary/aromatic N) is 2. The predicted molar refractivity (Wildman–Crippen MR) is 193 cm³/mol. The largest absolute Gasteiger partial charge is 0.291 e. The topological polar surface area (TPSA) is 63.3 Å². The van der Waals surface area contributed by atoms with Gasteiger partial charge in [-0.25, -0.2) is 0 Å². The molecule has 1 heterocycles. The van der Waals surface area contributed by atoms with E-state index >= 15 is 0 Å². The number of rotatable bonds is 9. The zero-order valence-corrected chi connectivity index (χ0v) is 27.0. The van der Waals surface area contributed by atoms with Crippen molar-refractivity contribution in [1.29, 1.82) is 10.8 Å². The molecule has 2 unspecified atom stereocenters. The molecule has 4 aromatic carbocycles. The van der Waals surface area contributed by atoms with Crippen LogP contribution in [0.25, 0.3) is 32.7 Å². The van der Waals surface area contributed by atoms with E-state index in [1.807, 2.05) is 4.90 Å². The molecule has 0 spiro atoms. The first-order chi connectivity index (χ1) is 21.9. The molecule has 6 rings (SSSR count). The van der Waals surface area contributed by atoms with Crippen molar-refractivity contribution in [1.82, 2.24) is 4.90 Å². The lowest BCUT2D eigenvalue weighted by atomic mass is 9.66. The molecule has 4 aromatic rings. The number of allylic oxidation sites excluding steroid dienone is 5. The standard InChI is InChI=1S/C41H44N4/c1-5-6-25-41(4,28(2)3)37-24-26-44-38(37)40(43)45(27-42)39-35(33-20-11-16-29-14-7-9-18-31(29)33)22-13-23-36(39)34-21-12-17-30-15-8-10-19-32(30)34/h6-12,14-22,25,27-28,37,42-43H,5,13,23-24,26H2,1-4H3. The molecule has 0 aromatic heterocycles. The lowest BCUT2D eigenvalue weighted by molar-refractivity contribution is 0.229. The average molecular weight is 593 g/mol. The Morgan fingerprint density at radius 1 is 0.933 bits per heavy atom. The van der Waals surface area contributed by atoms with Crippen LogP contribution < -0.4 is 0 Å². The van der Waals surface area contributed by atoms with Gasteiger partial charge in [-0.15, -0.1) is 0 Å². The minimum Gasteiger partial charge on any atom is -0.291 e. The molecular formula is C41H44N4. The van der Waals surface area contributed by atoms with Crippen molar-refractivity contribution in [2.75, 3.05) is 6.54 Å². The normalized spacial score (nSPS) is 18.4. The Morgan fingerprint density at radius 3 is 2.20 bits per heavy atom. The van der Waals surface area contributed by atoms with E-state index in [0.29, 0.717) is 18.3 Å². The fourth-order valence-corrected chi connectivity index (χ4v) is 7.32. The van der Waals surface area contributed by atoms with E-state index in [-0.39, 0.29) is 11.3 Å². The van der Waals surface area contributed by atoms with Gasteiger partial charge in [-0.2, -0.15) is 0 Å². The van der Waals surface area contributed by atoms with Gasteiger partial charge in [0, 0.05) is 18.0 Å². The number of nitrogens with one attached hydrogen (secondary N) is 2. The Morgan fingerprint density at radius 2 is 1.56 bits per heavy atom. The van der Waals surface area contributed by atoms with E-state index in [9.17, 15) is 5.41 Å². The minimum atomic E-state index is -0.140. The highest BCUT2D eigenvalue weighted by Gasteiger charge is 2.43. The third-order valence-electron chi connectivity index (χ3n) is 10.1. The molecule has 0 saturated heterocycles. The maximum atomic E-state index is 9.80. The van der Waals surface area contributed by atoms with Gasteiger partial charge in [0.2, 0.25) is 0 Å². The van der Waals surface area contributed by atoms with Crippen LogP contribution in [0.3, 0.4) is 0 Å². The molecule has 45 heavy (non-hydrogen) atoms. The number of hydrogen-bond donors (Lipinski definition) is 2. The van der Waals surface area contributed by atoms with E-state index < -0.39 is 0 Å². The van der Waals surface area contributed by atoms with Crippen LogP contribution in [0.4, 0.5) is 0 Å². The average Bonchev–Trinajstić information content (AvgIpc) is 3.58. The minimum absolute atomic E-state index is 0.102. The van der Waals surface area contributed by atoms with Crippen molar-refractivity contribution >= 4 is 50.6 Å². The number of hydrogen-bond acceptors (Lipinski definition) is 3. The molecule has 4 heteroatoms. The quantitative estimate of drug-likeness (QED) is 0.113. The van der Waals surface area contributed by atoms with Crippen molar-refractivity contribution < 1.29 is 0 Å². The molecule has 0 bridgehead atoms. The van der Waals surface area contributed by atoms with Crippen molar-refractivity contribution in [3.05, 3.63) is 120 Å². The van der Waals surface area contributed by atoms with Crippen LogP contribution in [0.15, 0.2) is 114 Å². The molecule has 0 fully saturated rings. The van der Waals surface area contributed by atoms with Gasteiger partial charge in [0.25, 0.3) is 0 Å². The van der Waals surface area contributed by atoms with Crippen LogP contribution in [-0.4, -0.2) is 29.3 Å². The second-order valence-corrected chi connectivity index (χ2v) is 12.8. The Bertz CT molecular complexity index is 1880. The van der Waals surface area contributed by atoms with E-state index in [1.54, 1.807) is 0 Å². The van der Waals surface area contributed by atoms with Crippen molar-refractivity contribution in [3.8, 4) is 0 Å². The van der Waals surface area contributed by atoms with Gasteiger partial charge < -0.3 is 0 Å². The molecule has 1 aliphatic carbocycles. The summed E-state index contributed by atoms with van der Waals surface area (Å²) in [5.74, 6) is 0.789. The lowest BCUT2D eigenvalue weighted by Crippen LogP contribution is -2.43. The van der Waals surface area contributed by atoms with Crippen molar-refractivity contribution in [2.45, 2.75) is 53.4 Å². The van der Waals surface area contributed by atoms with E-state index in [0.717, 1.165) is 59.4 Å². The highest BCUT2D eigenvalue weighted by molar-refractivity contribution is 6.44. The first kappa shape index (κ1) is 30.5. The third-order valence-corrected chi connectivity index (χ3v) is 10.1. The van der Waals surface area contributed by atoms with Crippen LogP contribution in [-0.2, 0) is 0 Å². The highest BCUT2D eigenvalue weighted by Crippen LogP contribution is 2.45. The van der Waals surface area contributed by atoms with Crippen LogP contribution in [0, 0.1) is 28.1 Å². The molecule has 2 N–H and O–H groups in total. The molecule has 1 aliphatic heterocycles. The maximum absolute atomic E-state index is 9.80. The Labute approximate surface area is 267 Å². The Hall–Kier alpha value is -4.57. The first-order valence-electron chi connectivity index (χ1n) is 16.4. The first-order valence-corrected chi connectivity index (χ1v) is 16.4. The molecule has 4 nitrogen and oxygen atoms in total. The molecule has 0 saturated carbocycles. The van der Waals surface area contributed by atoms with Crippen molar-refractivity contribution in [3.63, 3.8) is 0 Å². The summed E-state index contributed by atoms with van der Waals surface area (Å²) in [6, 6.07) is 30.0. The zero-order chi connectivity index (χ0) is 31.6. The summed E-state index contributed by atoms with van der Waals surface area (Å²) >= 11 is 0. The van der Waals surface area contributed by atoms with E-state index in [1.165, 1.54) is 27.9 Å². The molecule has 0 amide bonds. The molecular weight excluding hydrogens is 548 g/mol. The second kappa shape index (κ2) is 12.8. The lowest BCUT2D eigenvalue weighted by Gasteiger charge is -2.39. The van der Waals surface area contributed by atoms with Crippen LogP contribution in [0.5, 0.6) is 0 Å². The number of amidine groups is 1. The van der Waals surface area contributed by atoms with E-state index in [4.69, 9.17) is 10.4 Å². The van der Waals surface area contributed by atoms with Crippen LogP contribution >= 0.6 is 0 Å². The van der Waals surface area contributed by atoms with Gasteiger partial charge in [-0.3, -0.25) is 20.7 Å². The van der Waals surface area contributed by atoms with Gasteiger partial charge in [0.15, 0.2) is 5.84 Å². The summed E-state index contributed by atoms with van der Waals surface area (Å²) in [6.45, 7) is 9.75. The van der Waals surface area contributed by atoms with Gasteiger partial charge in [0.05, 0.1) is 17.7 Å². The summed E-state index contributed by atoms with van der Waals surface area (Å²) in [7, 11) is 0. The van der Waals surface area contributed by atoms with E-state index in [2.05, 4.69) is 131 Å². The summed E-state index contributed by atoms with van der Waals surface area (Å²) in [5, 5.41) is 23.4. The molecule has 0 radical (unpaired) electrons. The fourth-order valence-electron chi connectivity index (χ4n) is 7.32. The third kappa shape index (κ3) is 5.48. The Balaban J connectivity index is 1.56. The second-order valence-electron chi connectivity index (χ2n) is 12.8. The summed E-state index contributed by atoms with van der Waals surface area (Å²) in [5.41, 5.74) is 6.11. The number of benzene rings is 4. The van der Waals surface area contributed by atoms with Crippen LogP contribution in [0.1, 0.15) is 64.5 Å². The summed E-state index contributed by atoms with van der Waals surface area (Å²) in [6.07, 6.45) is 11.9. The van der Waals surface area contributed by atoms with Gasteiger partial charge in [-0.1, -0.05) is 131 Å². The zero-order valence-electron chi connectivity index (χ0n) is 27.0. The summed E-state index contributed by atoms with van der Waals surface area (Å²) < 4.78 is 0. The highest BCUT2D eigenvalue weighted by atomic mass is 15.2. The molecule has 2 atom stereocenters. The SMILES string of the molecule is CCC=CC(C)(C(C)C)C1CCN=C1C(=N)N(C=N)C1=C(c2cccc3ccccc23)CCC=C1c1cccc2ccccc12. The Kier molecular flexibility index (Phi) is 8.67. The van der Waals surface area contributed by atoms with Crippen molar-refractivity contribution in [2.24, 2.45) is 22.2 Å². The smallest absolute Gasteiger partial charge is 0.152 e. The maximum Gasteiger partial charge on any atom is 0.152 e. The van der Waals surface area contributed by atoms with Crippen LogP contribution in [0.2, 0.25) is 0 Å². The predicted octanol–water partition coefficient (Wildman–Crippen LogP) is 10.6. The van der Waals surface area contributed by atoms with Gasteiger partial charge >= 0.3 is 0 Å².